The molecular formula is C4H4FN. The Morgan fingerprint density at radius 2 is 2.33 bits per heavy atom. The maximum absolute atomic E-state index is 11.6. The van der Waals surface area contributed by atoms with Crippen LogP contribution in [0.2, 0.25) is 0 Å². The van der Waals surface area contributed by atoms with Crippen LogP contribution in [-0.4, -0.2) is 6.17 Å². The van der Waals surface area contributed by atoms with Crippen LogP contribution in [0.3, 0.4) is 0 Å². The van der Waals surface area contributed by atoms with Crippen molar-refractivity contribution in [2.45, 2.75) is 12.6 Å². The zero-order chi connectivity index (χ0) is 4.57. The van der Waals surface area contributed by atoms with Crippen LogP contribution in [0.4, 0.5) is 4.39 Å². The van der Waals surface area contributed by atoms with Crippen LogP contribution < -0.4 is 0 Å². The zero-order valence-electron chi connectivity index (χ0n) is 3.19. The SMILES string of the molecule is N#C[C@H]1C[C@@H]1F. The Balaban J connectivity index is 2.31. The summed E-state index contributed by atoms with van der Waals surface area (Å²) in [6.45, 7) is 0. The average Bonchev–Trinajstić information content (AvgIpc) is 2.19. The number of hydrogen-bond acceptors (Lipinski definition) is 1. The molecule has 0 aromatic heterocycles. The zero-order valence-corrected chi connectivity index (χ0v) is 3.19. The third kappa shape index (κ3) is 0.364. The Hall–Kier alpha value is -0.580. The van der Waals surface area contributed by atoms with Gasteiger partial charge >= 0.3 is 0 Å². The highest BCUT2D eigenvalue weighted by Crippen LogP contribution is 2.32. The molecule has 1 aliphatic carbocycles. The summed E-state index contributed by atoms with van der Waals surface area (Å²) in [5, 5.41) is 7.89. The lowest BCUT2D eigenvalue weighted by molar-refractivity contribution is 0.465. The first-order valence-electron chi connectivity index (χ1n) is 1.88. The van der Waals surface area contributed by atoms with E-state index in [0.717, 1.165) is 0 Å². The maximum atomic E-state index is 11.6. The number of rotatable bonds is 0. The van der Waals surface area contributed by atoms with Crippen LogP contribution >= 0.6 is 0 Å². The van der Waals surface area contributed by atoms with Gasteiger partial charge in [0.25, 0.3) is 0 Å². The van der Waals surface area contributed by atoms with Gasteiger partial charge in [0.15, 0.2) is 0 Å². The lowest BCUT2D eigenvalue weighted by Gasteiger charge is -1.61. The predicted molar refractivity (Wildman–Crippen MR) is 18.6 cm³/mol. The summed E-state index contributed by atoms with van der Waals surface area (Å²) in [6.07, 6.45) is -0.328. The van der Waals surface area contributed by atoms with Crippen LogP contribution in [-0.2, 0) is 0 Å². The first-order valence-corrected chi connectivity index (χ1v) is 1.88. The summed E-state index contributed by atoms with van der Waals surface area (Å²) in [5.74, 6) is -0.259. The van der Waals surface area contributed by atoms with Crippen molar-refractivity contribution in [3.8, 4) is 6.07 Å². The normalized spacial score (nSPS) is 41.3. The molecule has 32 valence electrons. The molecule has 0 aliphatic heterocycles. The summed E-state index contributed by atoms with van der Waals surface area (Å²) >= 11 is 0. The van der Waals surface area contributed by atoms with Gasteiger partial charge in [-0.15, -0.1) is 0 Å². The Morgan fingerprint density at radius 3 is 2.33 bits per heavy atom. The maximum Gasteiger partial charge on any atom is 0.117 e. The van der Waals surface area contributed by atoms with E-state index >= 15 is 0 Å². The van der Waals surface area contributed by atoms with Gasteiger partial charge in [-0.25, -0.2) is 4.39 Å². The standard InChI is InChI=1S/C4H4FN/c5-4-1-3(4)2-6/h3-4H,1H2/t3-,4+/m1/s1. The summed E-state index contributed by atoms with van der Waals surface area (Å²) in [4.78, 5) is 0. The molecule has 0 unspecified atom stereocenters. The Morgan fingerprint density at radius 1 is 1.83 bits per heavy atom. The molecule has 2 atom stereocenters. The third-order valence-electron chi connectivity index (χ3n) is 0.878. The topological polar surface area (TPSA) is 23.8 Å². The fourth-order valence-electron chi connectivity index (χ4n) is 0.298. The molecule has 1 aliphatic rings. The fraction of sp³-hybridized carbons (Fsp3) is 0.750. The largest absolute Gasteiger partial charge is 0.246 e. The second kappa shape index (κ2) is 0.939. The summed E-state index contributed by atoms with van der Waals surface area (Å²) in [7, 11) is 0. The van der Waals surface area contributed by atoms with Gasteiger partial charge in [0.05, 0.1) is 12.0 Å². The van der Waals surface area contributed by atoms with E-state index in [-0.39, 0.29) is 5.92 Å². The lowest BCUT2D eigenvalue weighted by Crippen LogP contribution is -1.68. The summed E-state index contributed by atoms with van der Waals surface area (Å²) in [6, 6.07) is 1.81. The molecule has 0 heterocycles. The number of alkyl halides is 1. The number of nitrogens with zero attached hydrogens (tertiary/aromatic N) is 1. The van der Waals surface area contributed by atoms with Gasteiger partial charge in [0.2, 0.25) is 0 Å². The molecule has 0 radical (unpaired) electrons. The van der Waals surface area contributed by atoms with Gasteiger partial charge in [0.1, 0.15) is 6.17 Å². The molecule has 1 fully saturated rings. The second-order valence-electron chi connectivity index (χ2n) is 1.49. The molecule has 0 aromatic rings. The molecule has 0 saturated heterocycles. The molecule has 1 rings (SSSR count). The van der Waals surface area contributed by atoms with Crippen molar-refractivity contribution in [3.63, 3.8) is 0 Å². The van der Waals surface area contributed by atoms with Crippen molar-refractivity contribution in [2.24, 2.45) is 5.92 Å². The van der Waals surface area contributed by atoms with Crippen LogP contribution in [0, 0.1) is 17.2 Å². The van der Waals surface area contributed by atoms with E-state index in [9.17, 15) is 4.39 Å². The van der Waals surface area contributed by atoms with Gasteiger partial charge in [-0.1, -0.05) is 0 Å². The van der Waals surface area contributed by atoms with Crippen LogP contribution in [0.1, 0.15) is 6.42 Å². The lowest BCUT2D eigenvalue weighted by atomic mass is 10.5. The first kappa shape index (κ1) is 3.60. The average molecular weight is 85.1 g/mol. The smallest absolute Gasteiger partial charge is 0.117 e. The highest BCUT2D eigenvalue weighted by atomic mass is 19.1. The highest BCUT2D eigenvalue weighted by molar-refractivity contribution is 5.01. The van der Waals surface area contributed by atoms with Crippen molar-refractivity contribution in [1.29, 1.82) is 5.26 Å². The van der Waals surface area contributed by atoms with E-state index in [4.69, 9.17) is 5.26 Å². The molecule has 6 heavy (non-hydrogen) atoms. The quantitative estimate of drug-likeness (QED) is 0.428. The van der Waals surface area contributed by atoms with E-state index < -0.39 is 6.17 Å². The van der Waals surface area contributed by atoms with Gasteiger partial charge in [-0.3, -0.25) is 0 Å². The summed E-state index contributed by atoms with van der Waals surface area (Å²) in [5.41, 5.74) is 0. The van der Waals surface area contributed by atoms with Crippen LogP contribution in [0.25, 0.3) is 0 Å². The number of nitriles is 1. The van der Waals surface area contributed by atoms with Crippen LogP contribution in [0.5, 0.6) is 0 Å². The van der Waals surface area contributed by atoms with Crippen LogP contribution in [0.15, 0.2) is 0 Å². The monoisotopic (exact) mass is 85.0 g/mol. The Kier molecular flexibility index (Phi) is 0.564. The van der Waals surface area contributed by atoms with E-state index in [2.05, 4.69) is 0 Å². The predicted octanol–water partition coefficient (Wildman–Crippen LogP) is 0.868. The fourth-order valence-corrected chi connectivity index (χ4v) is 0.298. The van der Waals surface area contributed by atoms with E-state index in [0.29, 0.717) is 6.42 Å². The highest BCUT2D eigenvalue weighted by Gasteiger charge is 2.37. The minimum Gasteiger partial charge on any atom is -0.246 e. The second-order valence-corrected chi connectivity index (χ2v) is 1.49. The molecule has 0 spiro atoms. The van der Waals surface area contributed by atoms with Crippen molar-refractivity contribution < 1.29 is 4.39 Å². The van der Waals surface area contributed by atoms with E-state index in [1.165, 1.54) is 0 Å². The van der Waals surface area contributed by atoms with Crippen molar-refractivity contribution >= 4 is 0 Å². The minimum absolute atomic E-state index is 0.259. The third-order valence-corrected chi connectivity index (χ3v) is 0.878. The summed E-state index contributed by atoms with van der Waals surface area (Å²) < 4.78 is 11.6. The molecule has 2 heteroatoms. The number of halogens is 1. The molecule has 0 bridgehead atoms. The Bertz CT molecular complexity index is 94.2. The van der Waals surface area contributed by atoms with Crippen molar-refractivity contribution in [2.75, 3.05) is 0 Å². The van der Waals surface area contributed by atoms with Gasteiger partial charge in [-0.05, 0) is 6.42 Å². The van der Waals surface area contributed by atoms with Gasteiger partial charge < -0.3 is 0 Å². The molecule has 1 nitrogen and oxygen atoms in total. The number of hydrogen-bond donors (Lipinski definition) is 0. The van der Waals surface area contributed by atoms with Crippen molar-refractivity contribution in [3.05, 3.63) is 0 Å². The minimum atomic E-state index is -0.796. The van der Waals surface area contributed by atoms with Crippen molar-refractivity contribution in [1.82, 2.24) is 0 Å². The molecule has 1 saturated carbocycles. The van der Waals surface area contributed by atoms with Gasteiger partial charge in [0, 0.05) is 0 Å². The molecular weight excluding hydrogens is 81.0 g/mol. The van der Waals surface area contributed by atoms with Gasteiger partial charge in [-0.2, -0.15) is 5.26 Å². The Labute approximate surface area is 35.4 Å². The van der Waals surface area contributed by atoms with E-state index in [1.807, 2.05) is 6.07 Å². The first-order chi connectivity index (χ1) is 2.84. The molecule has 0 amide bonds. The molecule has 0 N–H and O–H groups in total. The van der Waals surface area contributed by atoms with E-state index in [1.54, 1.807) is 0 Å². The molecule has 0 aromatic carbocycles.